The lowest BCUT2D eigenvalue weighted by Gasteiger charge is -2.01. The van der Waals surface area contributed by atoms with E-state index in [0.717, 1.165) is 15.1 Å². The average molecular weight is 322 g/mol. The van der Waals surface area contributed by atoms with Gasteiger partial charge in [0, 0.05) is 27.7 Å². The van der Waals surface area contributed by atoms with Crippen molar-refractivity contribution in [2.24, 2.45) is 0 Å². The molecule has 0 amide bonds. The van der Waals surface area contributed by atoms with Gasteiger partial charge < -0.3 is 0 Å². The van der Waals surface area contributed by atoms with E-state index in [1.54, 1.807) is 18.0 Å². The zero-order chi connectivity index (χ0) is 12.8. The molecule has 0 N–H and O–H groups in total. The normalized spacial score (nSPS) is 10.3. The molecule has 1 heterocycles. The molecular formula is C14H12BrNOS. The average Bonchev–Trinajstić information content (AvgIpc) is 2.39. The van der Waals surface area contributed by atoms with Gasteiger partial charge >= 0.3 is 0 Å². The zero-order valence-corrected chi connectivity index (χ0v) is 12.1. The van der Waals surface area contributed by atoms with E-state index < -0.39 is 0 Å². The number of hydrogen-bond acceptors (Lipinski definition) is 3. The minimum absolute atomic E-state index is 0.196. The summed E-state index contributed by atoms with van der Waals surface area (Å²) in [4.78, 5) is 17.0. The Morgan fingerprint density at radius 2 is 1.94 bits per heavy atom. The van der Waals surface area contributed by atoms with Gasteiger partial charge in [0.05, 0.1) is 5.75 Å². The fraction of sp³-hybridized carbons (Fsp3) is 0.143. The van der Waals surface area contributed by atoms with E-state index in [1.807, 2.05) is 42.5 Å². The number of aromatic nitrogens is 1. The number of ketones is 1. The van der Waals surface area contributed by atoms with Crippen LogP contribution in [-0.4, -0.2) is 16.5 Å². The molecule has 18 heavy (non-hydrogen) atoms. The Balaban J connectivity index is 1.83. The van der Waals surface area contributed by atoms with Crippen molar-refractivity contribution in [3.8, 4) is 0 Å². The smallest absolute Gasteiger partial charge is 0.149 e. The minimum atomic E-state index is 0.196. The number of nitrogens with zero attached hydrogens (tertiary/aromatic N) is 1. The number of rotatable bonds is 5. The summed E-state index contributed by atoms with van der Waals surface area (Å²) < 4.78 is 1.05. The van der Waals surface area contributed by atoms with Gasteiger partial charge in [0.2, 0.25) is 0 Å². The summed E-state index contributed by atoms with van der Waals surface area (Å²) in [6.07, 6.45) is 2.12. The highest BCUT2D eigenvalue weighted by Crippen LogP contribution is 2.20. The van der Waals surface area contributed by atoms with Crippen molar-refractivity contribution >= 4 is 33.5 Å². The van der Waals surface area contributed by atoms with Gasteiger partial charge in [-0.15, -0.1) is 11.8 Å². The van der Waals surface area contributed by atoms with E-state index in [2.05, 4.69) is 20.9 Å². The van der Waals surface area contributed by atoms with Crippen molar-refractivity contribution in [1.29, 1.82) is 0 Å². The first-order chi connectivity index (χ1) is 8.74. The van der Waals surface area contributed by atoms with Crippen LogP contribution in [0.5, 0.6) is 0 Å². The molecule has 0 spiro atoms. The maximum atomic E-state index is 11.8. The maximum absolute atomic E-state index is 11.8. The summed E-state index contributed by atoms with van der Waals surface area (Å²) >= 11 is 4.94. The molecule has 0 aliphatic carbocycles. The number of hydrogen-bond donors (Lipinski definition) is 0. The van der Waals surface area contributed by atoms with Crippen LogP contribution in [0.1, 0.15) is 5.69 Å². The van der Waals surface area contributed by atoms with Gasteiger partial charge in [0.25, 0.3) is 0 Å². The maximum Gasteiger partial charge on any atom is 0.149 e. The fourth-order valence-electron chi connectivity index (χ4n) is 1.45. The number of carbonyl (C=O) groups excluding carboxylic acids is 1. The van der Waals surface area contributed by atoms with Crippen LogP contribution in [0.2, 0.25) is 0 Å². The fourth-order valence-corrected chi connectivity index (χ4v) is 2.47. The van der Waals surface area contributed by atoms with E-state index >= 15 is 0 Å². The molecule has 0 unspecified atom stereocenters. The third-order valence-electron chi connectivity index (χ3n) is 2.32. The highest BCUT2D eigenvalue weighted by atomic mass is 79.9. The third-order valence-corrected chi connectivity index (χ3v) is 3.92. The molecule has 0 atom stereocenters. The first-order valence-electron chi connectivity index (χ1n) is 5.54. The monoisotopic (exact) mass is 321 g/mol. The van der Waals surface area contributed by atoms with Crippen LogP contribution in [0.25, 0.3) is 0 Å². The SMILES string of the molecule is O=C(CSc1ccc(Br)cc1)Cc1ccccn1. The molecule has 0 aliphatic heterocycles. The lowest BCUT2D eigenvalue weighted by atomic mass is 10.2. The van der Waals surface area contributed by atoms with Gasteiger partial charge in [-0.2, -0.15) is 0 Å². The molecule has 0 radical (unpaired) electrons. The van der Waals surface area contributed by atoms with Crippen molar-refractivity contribution in [3.63, 3.8) is 0 Å². The Morgan fingerprint density at radius 1 is 1.17 bits per heavy atom. The van der Waals surface area contributed by atoms with Crippen LogP contribution >= 0.6 is 27.7 Å². The Morgan fingerprint density at radius 3 is 2.61 bits per heavy atom. The molecule has 0 saturated carbocycles. The molecular weight excluding hydrogens is 310 g/mol. The quantitative estimate of drug-likeness (QED) is 0.786. The Labute approximate surface area is 119 Å². The molecule has 0 aliphatic rings. The van der Waals surface area contributed by atoms with E-state index in [0.29, 0.717) is 12.2 Å². The van der Waals surface area contributed by atoms with E-state index in [9.17, 15) is 4.79 Å². The summed E-state index contributed by atoms with van der Waals surface area (Å²) in [6.45, 7) is 0. The van der Waals surface area contributed by atoms with Crippen molar-refractivity contribution in [2.75, 3.05) is 5.75 Å². The van der Waals surface area contributed by atoms with Crippen LogP contribution in [-0.2, 0) is 11.2 Å². The van der Waals surface area contributed by atoms with Gasteiger partial charge in [-0.25, -0.2) is 0 Å². The van der Waals surface area contributed by atoms with Crippen molar-refractivity contribution in [3.05, 3.63) is 58.8 Å². The molecule has 0 fully saturated rings. The van der Waals surface area contributed by atoms with Gasteiger partial charge in [-0.1, -0.05) is 22.0 Å². The largest absolute Gasteiger partial charge is 0.298 e. The third kappa shape index (κ3) is 4.27. The molecule has 2 nitrogen and oxygen atoms in total. The summed E-state index contributed by atoms with van der Waals surface area (Å²) in [6, 6.07) is 13.6. The molecule has 4 heteroatoms. The highest BCUT2D eigenvalue weighted by Gasteiger charge is 2.05. The Kier molecular flexibility index (Phi) is 4.96. The standard InChI is InChI=1S/C14H12BrNOS/c15-11-4-6-14(7-5-11)18-10-13(17)9-12-3-1-2-8-16-12/h1-8H,9-10H2. The Bertz CT molecular complexity index is 513. The van der Waals surface area contributed by atoms with Gasteiger partial charge in [-0.05, 0) is 36.4 Å². The van der Waals surface area contributed by atoms with Crippen molar-refractivity contribution < 1.29 is 4.79 Å². The molecule has 0 saturated heterocycles. The van der Waals surface area contributed by atoms with Crippen molar-refractivity contribution in [1.82, 2.24) is 4.98 Å². The second kappa shape index (κ2) is 6.71. The van der Waals surface area contributed by atoms with Crippen LogP contribution in [0.3, 0.4) is 0 Å². The van der Waals surface area contributed by atoms with Crippen LogP contribution in [0.15, 0.2) is 58.0 Å². The molecule has 2 rings (SSSR count). The highest BCUT2D eigenvalue weighted by molar-refractivity contribution is 9.10. The van der Waals surface area contributed by atoms with E-state index in [4.69, 9.17) is 0 Å². The summed E-state index contributed by atoms with van der Waals surface area (Å²) in [5, 5.41) is 0. The summed E-state index contributed by atoms with van der Waals surface area (Å²) in [5.74, 6) is 0.680. The topological polar surface area (TPSA) is 30.0 Å². The van der Waals surface area contributed by atoms with Gasteiger partial charge in [0.15, 0.2) is 0 Å². The number of halogens is 1. The summed E-state index contributed by atoms with van der Waals surface area (Å²) in [5.41, 5.74) is 0.832. The van der Waals surface area contributed by atoms with Gasteiger partial charge in [-0.3, -0.25) is 9.78 Å². The lowest BCUT2D eigenvalue weighted by Crippen LogP contribution is -2.06. The predicted molar refractivity (Wildman–Crippen MR) is 77.8 cm³/mol. The number of pyridine rings is 1. The second-order valence-electron chi connectivity index (χ2n) is 3.78. The number of thioether (sulfide) groups is 1. The second-order valence-corrected chi connectivity index (χ2v) is 5.74. The minimum Gasteiger partial charge on any atom is -0.298 e. The first-order valence-corrected chi connectivity index (χ1v) is 7.32. The predicted octanol–water partition coefficient (Wildman–Crippen LogP) is 3.75. The van der Waals surface area contributed by atoms with E-state index in [1.165, 1.54) is 0 Å². The van der Waals surface area contributed by atoms with Crippen LogP contribution in [0, 0.1) is 0 Å². The first kappa shape index (κ1) is 13.3. The number of carbonyl (C=O) groups is 1. The molecule has 1 aromatic carbocycles. The molecule has 92 valence electrons. The zero-order valence-electron chi connectivity index (χ0n) is 9.67. The number of Topliss-reactive ketones (excluding diaryl/α,β-unsaturated/α-hetero) is 1. The molecule has 1 aromatic heterocycles. The molecule has 2 aromatic rings. The van der Waals surface area contributed by atoms with Crippen LogP contribution < -0.4 is 0 Å². The van der Waals surface area contributed by atoms with Crippen molar-refractivity contribution in [2.45, 2.75) is 11.3 Å². The lowest BCUT2D eigenvalue weighted by molar-refractivity contribution is -0.116. The number of benzene rings is 1. The van der Waals surface area contributed by atoms with E-state index in [-0.39, 0.29) is 5.78 Å². The molecule has 0 bridgehead atoms. The summed E-state index contributed by atoms with van der Waals surface area (Å²) in [7, 11) is 0. The van der Waals surface area contributed by atoms with Gasteiger partial charge in [0.1, 0.15) is 5.78 Å². The van der Waals surface area contributed by atoms with Crippen LogP contribution in [0.4, 0.5) is 0 Å². The Hall–Kier alpha value is -1.13.